The lowest BCUT2D eigenvalue weighted by Gasteiger charge is -2.05. The molecule has 0 N–H and O–H groups in total. The van der Waals surface area contributed by atoms with Crippen molar-refractivity contribution < 1.29 is 0 Å². The molecule has 0 unspecified atom stereocenters. The molecule has 0 saturated heterocycles. The first kappa shape index (κ1) is 11.2. The maximum atomic E-state index is 5.90. The number of aryl methyl sites for hydroxylation is 1. The van der Waals surface area contributed by atoms with Crippen LogP contribution in [-0.4, -0.2) is 4.98 Å². The van der Waals surface area contributed by atoms with Gasteiger partial charge in [0.25, 0.3) is 0 Å². The smallest absolute Gasteiger partial charge is 0.0738 e. The van der Waals surface area contributed by atoms with Gasteiger partial charge in [-0.1, -0.05) is 48.0 Å². The van der Waals surface area contributed by atoms with E-state index in [1.165, 1.54) is 10.9 Å². The quantitative estimate of drug-likeness (QED) is 0.603. The van der Waals surface area contributed by atoms with Crippen molar-refractivity contribution in [2.45, 2.75) is 6.92 Å². The van der Waals surface area contributed by atoms with Crippen molar-refractivity contribution in [3.8, 4) is 11.3 Å². The Labute approximate surface area is 111 Å². The average molecular weight is 254 g/mol. The number of hydrogen-bond acceptors (Lipinski definition) is 1. The van der Waals surface area contributed by atoms with Gasteiger partial charge in [-0.3, -0.25) is 0 Å². The summed E-state index contributed by atoms with van der Waals surface area (Å²) in [6.07, 6.45) is 0. The minimum atomic E-state index is 0.746. The molecule has 1 nitrogen and oxygen atoms in total. The van der Waals surface area contributed by atoms with Crippen molar-refractivity contribution in [2.24, 2.45) is 0 Å². The molecule has 1 heterocycles. The lowest BCUT2D eigenvalue weighted by molar-refractivity contribution is 1.36. The SMILES string of the molecule is Cc1cccc2ccc(-c3ccc(Cl)cc3)nc12. The summed E-state index contributed by atoms with van der Waals surface area (Å²) in [4.78, 5) is 4.73. The van der Waals surface area contributed by atoms with Gasteiger partial charge in [0, 0.05) is 16.0 Å². The number of para-hydroxylation sites is 1. The summed E-state index contributed by atoms with van der Waals surface area (Å²) in [5, 5.41) is 1.92. The summed E-state index contributed by atoms with van der Waals surface area (Å²) in [6.45, 7) is 2.08. The largest absolute Gasteiger partial charge is 0.248 e. The zero-order valence-electron chi connectivity index (χ0n) is 10.0. The minimum absolute atomic E-state index is 0.746. The highest BCUT2D eigenvalue weighted by molar-refractivity contribution is 6.30. The number of aromatic nitrogens is 1. The Hall–Kier alpha value is -1.86. The fourth-order valence-electron chi connectivity index (χ4n) is 2.08. The third kappa shape index (κ3) is 1.98. The molecular formula is C16H12ClN. The molecule has 0 fully saturated rings. The van der Waals surface area contributed by atoms with Gasteiger partial charge < -0.3 is 0 Å². The Kier molecular flexibility index (Phi) is 2.77. The van der Waals surface area contributed by atoms with Gasteiger partial charge in [-0.2, -0.15) is 0 Å². The van der Waals surface area contributed by atoms with Crippen LogP contribution in [0.1, 0.15) is 5.56 Å². The summed E-state index contributed by atoms with van der Waals surface area (Å²) >= 11 is 5.90. The van der Waals surface area contributed by atoms with Crippen LogP contribution in [-0.2, 0) is 0 Å². The van der Waals surface area contributed by atoms with E-state index in [9.17, 15) is 0 Å². The normalized spacial score (nSPS) is 10.8. The summed E-state index contributed by atoms with van der Waals surface area (Å²) in [7, 11) is 0. The molecule has 0 bridgehead atoms. The Balaban J connectivity index is 2.18. The molecule has 0 radical (unpaired) electrons. The first-order valence-corrected chi connectivity index (χ1v) is 6.24. The summed E-state index contributed by atoms with van der Waals surface area (Å²) in [6, 6.07) is 18.2. The van der Waals surface area contributed by atoms with Crippen molar-refractivity contribution in [1.29, 1.82) is 0 Å². The van der Waals surface area contributed by atoms with Crippen molar-refractivity contribution in [2.75, 3.05) is 0 Å². The van der Waals surface area contributed by atoms with Gasteiger partial charge >= 0.3 is 0 Å². The standard InChI is InChI=1S/C16H12ClN/c1-11-3-2-4-13-7-10-15(18-16(11)13)12-5-8-14(17)9-6-12/h2-10H,1H3. The first-order valence-electron chi connectivity index (χ1n) is 5.86. The van der Waals surface area contributed by atoms with Crippen LogP contribution in [0.3, 0.4) is 0 Å². The van der Waals surface area contributed by atoms with E-state index >= 15 is 0 Å². The zero-order valence-corrected chi connectivity index (χ0v) is 10.8. The second-order valence-corrected chi connectivity index (χ2v) is 4.79. The lowest BCUT2D eigenvalue weighted by atomic mass is 10.1. The third-order valence-electron chi connectivity index (χ3n) is 3.06. The molecule has 0 amide bonds. The van der Waals surface area contributed by atoms with Crippen molar-refractivity contribution in [3.05, 3.63) is 65.2 Å². The maximum absolute atomic E-state index is 5.90. The van der Waals surface area contributed by atoms with Gasteiger partial charge in [0.15, 0.2) is 0 Å². The van der Waals surface area contributed by atoms with Crippen LogP contribution in [0.25, 0.3) is 22.2 Å². The highest BCUT2D eigenvalue weighted by atomic mass is 35.5. The predicted molar refractivity (Wildman–Crippen MR) is 76.9 cm³/mol. The maximum Gasteiger partial charge on any atom is 0.0738 e. The van der Waals surface area contributed by atoms with Crippen LogP contribution in [0.4, 0.5) is 0 Å². The molecule has 0 aliphatic carbocycles. The topological polar surface area (TPSA) is 12.9 Å². The van der Waals surface area contributed by atoms with Crippen molar-refractivity contribution >= 4 is 22.5 Å². The zero-order chi connectivity index (χ0) is 12.5. The average Bonchev–Trinajstić information content (AvgIpc) is 2.40. The molecule has 18 heavy (non-hydrogen) atoms. The van der Waals surface area contributed by atoms with E-state index in [-0.39, 0.29) is 0 Å². The molecular weight excluding hydrogens is 242 g/mol. The van der Waals surface area contributed by atoms with E-state index in [0.717, 1.165) is 21.8 Å². The number of benzene rings is 2. The highest BCUT2D eigenvalue weighted by Crippen LogP contribution is 2.23. The molecule has 0 aliphatic heterocycles. The van der Waals surface area contributed by atoms with Crippen LogP contribution in [0.15, 0.2) is 54.6 Å². The number of nitrogens with zero attached hydrogens (tertiary/aromatic N) is 1. The highest BCUT2D eigenvalue weighted by Gasteiger charge is 2.03. The molecule has 3 rings (SSSR count). The Morgan fingerprint density at radius 3 is 2.44 bits per heavy atom. The fourth-order valence-corrected chi connectivity index (χ4v) is 2.20. The lowest BCUT2D eigenvalue weighted by Crippen LogP contribution is -1.87. The van der Waals surface area contributed by atoms with Gasteiger partial charge in [0.2, 0.25) is 0 Å². The van der Waals surface area contributed by atoms with E-state index in [1.807, 2.05) is 30.3 Å². The second-order valence-electron chi connectivity index (χ2n) is 4.35. The molecule has 0 spiro atoms. The Bertz CT molecular complexity index is 702. The molecule has 1 aromatic heterocycles. The second kappa shape index (κ2) is 4.43. The molecule has 0 aliphatic rings. The summed E-state index contributed by atoms with van der Waals surface area (Å²) < 4.78 is 0. The molecule has 3 aromatic rings. The molecule has 88 valence electrons. The van der Waals surface area contributed by atoms with Gasteiger partial charge in [-0.25, -0.2) is 4.98 Å². The number of halogens is 1. The molecule has 0 saturated carbocycles. The third-order valence-corrected chi connectivity index (χ3v) is 3.31. The van der Waals surface area contributed by atoms with E-state index < -0.39 is 0 Å². The van der Waals surface area contributed by atoms with Gasteiger partial charge in [0.05, 0.1) is 11.2 Å². The summed E-state index contributed by atoms with van der Waals surface area (Å²) in [5.41, 5.74) is 4.33. The van der Waals surface area contributed by atoms with Crippen LogP contribution >= 0.6 is 11.6 Å². The van der Waals surface area contributed by atoms with Crippen LogP contribution in [0.5, 0.6) is 0 Å². The number of fused-ring (bicyclic) bond motifs is 1. The van der Waals surface area contributed by atoms with E-state index in [0.29, 0.717) is 0 Å². The summed E-state index contributed by atoms with van der Waals surface area (Å²) in [5.74, 6) is 0. The van der Waals surface area contributed by atoms with E-state index in [1.54, 1.807) is 0 Å². The van der Waals surface area contributed by atoms with Crippen molar-refractivity contribution in [1.82, 2.24) is 4.98 Å². The monoisotopic (exact) mass is 253 g/mol. The van der Waals surface area contributed by atoms with E-state index in [2.05, 4.69) is 31.2 Å². The predicted octanol–water partition coefficient (Wildman–Crippen LogP) is 4.86. The minimum Gasteiger partial charge on any atom is -0.248 e. The van der Waals surface area contributed by atoms with E-state index in [4.69, 9.17) is 16.6 Å². The fraction of sp³-hybridized carbons (Fsp3) is 0.0625. The van der Waals surface area contributed by atoms with Crippen LogP contribution in [0, 0.1) is 6.92 Å². The Morgan fingerprint density at radius 1 is 0.889 bits per heavy atom. The van der Waals surface area contributed by atoms with Gasteiger partial charge in [-0.15, -0.1) is 0 Å². The first-order chi connectivity index (χ1) is 8.74. The molecule has 0 atom stereocenters. The molecule has 2 aromatic carbocycles. The number of rotatable bonds is 1. The van der Waals surface area contributed by atoms with Crippen LogP contribution < -0.4 is 0 Å². The Morgan fingerprint density at radius 2 is 1.67 bits per heavy atom. The van der Waals surface area contributed by atoms with Gasteiger partial charge in [-0.05, 0) is 30.7 Å². The van der Waals surface area contributed by atoms with Gasteiger partial charge in [0.1, 0.15) is 0 Å². The van der Waals surface area contributed by atoms with Crippen molar-refractivity contribution in [3.63, 3.8) is 0 Å². The number of hydrogen-bond donors (Lipinski definition) is 0. The van der Waals surface area contributed by atoms with Crippen LogP contribution in [0.2, 0.25) is 5.02 Å². The molecule has 2 heteroatoms. The number of pyridine rings is 1.